The number of halogens is 4. The Labute approximate surface area is 189 Å². The number of rotatable bonds is 7. The second-order valence-electron chi connectivity index (χ2n) is 8.03. The molecule has 182 valence electrons. The Morgan fingerprint density at radius 3 is 2.16 bits per heavy atom. The van der Waals surface area contributed by atoms with Crippen molar-refractivity contribution >= 4 is 18.0 Å². The molecule has 1 amide bonds. The van der Waals surface area contributed by atoms with Crippen molar-refractivity contribution < 1.29 is 22.4 Å². The molecule has 1 heterocycles. The number of likely N-dealkylation sites (tertiary alicyclic amines) is 1. The van der Waals surface area contributed by atoms with E-state index in [-0.39, 0.29) is 17.7 Å². The fourth-order valence-electron chi connectivity index (χ4n) is 3.35. The number of amidine groups is 1. The third kappa shape index (κ3) is 12.6. The summed E-state index contributed by atoms with van der Waals surface area (Å²) in [6, 6.07) is 10.5. The number of hydrogen-bond acceptors (Lipinski definition) is 2. The Morgan fingerprint density at radius 2 is 1.78 bits per heavy atom. The topological polar surface area (TPSA) is 56.5 Å². The van der Waals surface area contributed by atoms with Crippen molar-refractivity contribution in [1.29, 1.82) is 5.41 Å². The zero-order valence-electron chi connectivity index (χ0n) is 19.7. The predicted octanol–water partition coefficient (Wildman–Crippen LogP) is 6.81. The number of nitrogens with one attached hydrogen (secondary N) is 1. The average molecular weight is 460 g/mol. The summed E-state index contributed by atoms with van der Waals surface area (Å²) in [4.78, 5) is 16.1. The van der Waals surface area contributed by atoms with Gasteiger partial charge < -0.3 is 4.90 Å². The molecule has 0 bridgehead atoms. The van der Waals surface area contributed by atoms with Crippen LogP contribution in [-0.4, -0.2) is 48.3 Å². The first kappa shape index (κ1) is 29.8. The van der Waals surface area contributed by atoms with Crippen molar-refractivity contribution in [1.82, 2.24) is 4.90 Å². The predicted molar refractivity (Wildman–Crippen MR) is 123 cm³/mol. The van der Waals surface area contributed by atoms with Crippen LogP contribution in [0.2, 0.25) is 0 Å². The Kier molecular flexibility index (Phi) is 15.2. The lowest BCUT2D eigenvalue weighted by Crippen LogP contribution is -2.25. The number of nitrogens with zero attached hydrogens (tertiary/aromatic N) is 2. The molecule has 1 aliphatic rings. The van der Waals surface area contributed by atoms with E-state index < -0.39 is 12.9 Å². The number of benzene rings is 1. The van der Waals surface area contributed by atoms with Crippen LogP contribution in [0.25, 0.3) is 0 Å². The summed E-state index contributed by atoms with van der Waals surface area (Å²) in [5, 5.41) is 7.48. The molecule has 4 atom stereocenters. The lowest BCUT2D eigenvalue weighted by Gasteiger charge is -2.20. The molecular weight excluding hydrogens is 422 g/mol. The number of alkyl halides is 4. The van der Waals surface area contributed by atoms with Gasteiger partial charge in [-0.2, -0.15) is 13.2 Å². The van der Waals surface area contributed by atoms with E-state index >= 15 is 0 Å². The van der Waals surface area contributed by atoms with Crippen LogP contribution in [0.1, 0.15) is 71.8 Å². The highest BCUT2D eigenvalue weighted by Crippen LogP contribution is 2.24. The maximum absolute atomic E-state index is 14.6. The molecule has 0 saturated carbocycles. The minimum atomic E-state index is -3.67. The summed E-state index contributed by atoms with van der Waals surface area (Å²) in [5.41, 5.74) is 1.66. The Morgan fingerprint density at radius 1 is 1.22 bits per heavy atom. The molecule has 1 aromatic rings. The quantitative estimate of drug-likeness (QED) is 0.207. The second kappa shape index (κ2) is 16.4. The molecule has 8 heteroatoms. The van der Waals surface area contributed by atoms with Crippen LogP contribution in [0, 0.1) is 11.3 Å². The Bertz CT molecular complexity index is 682. The molecule has 4 unspecified atom stereocenters. The SMILES string of the molecule is CC1CCCN1C=O.CCC(C)C(=NC(C)=N)C(F)CC(C)c1ccccc1.FC(F)F. The van der Waals surface area contributed by atoms with Gasteiger partial charge >= 0.3 is 6.68 Å². The summed E-state index contributed by atoms with van der Waals surface area (Å²) < 4.78 is 43.6. The van der Waals surface area contributed by atoms with Gasteiger partial charge in [-0.15, -0.1) is 0 Å². The summed E-state index contributed by atoms with van der Waals surface area (Å²) in [7, 11) is 0. The van der Waals surface area contributed by atoms with E-state index in [1.807, 2.05) is 56.0 Å². The molecule has 1 aromatic carbocycles. The smallest absolute Gasteiger partial charge is 0.343 e. The summed E-state index contributed by atoms with van der Waals surface area (Å²) in [5.74, 6) is 0.398. The maximum atomic E-state index is 14.6. The zero-order valence-corrected chi connectivity index (χ0v) is 19.7. The van der Waals surface area contributed by atoms with Gasteiger partial charge in [0.1, 0.15) is 12.0 Å². The first-order valence-corrected chi connectivity index (χ1v) is 11.0. The van der Waals surface area contributed by atoms with Gasteiger partial charge in [0.2, 0.25) is 6.41 Å². The van der Waals surface area contributed by atoms with Gasteiger partial charge in [0.05, 0.1) is 5.71 Å². The van der Waals surface area contributed by atoms with Crippen molar-refractivity contribution in [3.63, 3.8) is 0 Å². The van der Waals surface area contributed by atoms with E-state index in [0.29, 0.717) is 18.2 Å². The van der Waals surface area contributed by atoms with Gasteiger partial charge in [0.15, 0.2) is 0 Å². The van der Waals surface area contributed by atoms with Crippen LogP contribution in [0.15, 0.2) is 35.3 Å². The lowest BCUT2D eigenvalue weighted by atomic mass is 9.90. The van der Waals surface area contributed by atoms with Crippen LogP contribution in [0.5, 0.6) is 0 Å². The van der Waals surface area contributed by atoms with Gasteiger partial charge in [0.25, 0.3) is 0 Å². The average Bonchev–Trinajstić information content (AvgIpc) is 3.16. The third-order valence-corrected chi connectivity index (χ3v) is 5.40. The summed E-state index contributed by atoms with van der Waals surface area (Å²) in [6.45, 7) is 7.00. The molecule has 2 rings (SSSR count). The molecule has 1 saturated heterocycles. The largest absolute Gasteiger partial charge is 0.379 e. The van der Waals surface area contributed by atoms with Crippen LogP contribution in [0.4, 0.5) is 17.6 Å². The van der Waals surface area contributed by atoms with E-state index in [0.717, 1.165) is 24.9 Å². The molecule has 0 aliphatic carbocycles. The fraction of sp³-hybridized carbons (Fsp3) is 0.625. The van der Waals surface area contributed by atoms with Crippen LogP contribution in [0.3, 0.4) is 0 Å². The molecular formula is C24H37F4N3O. The highest BCUT2D eigenvalue weighted by Gasteiger charge is 2.23. The Balaban J connectivity index is 0.000000653. The molecule has 4 nitrogen and oxygen atoms in total. The maximum Gasteiger partial charge on any atom is 0.379 e. The standard InChI is InChI=1S/C17H25FN2.C6H11NO.CHF3/c1-5-12(2)17(20-14(4)19)16(18)11-13(3)15-9-7-6-8-10-15;1-6-3-2-4-7(6)5-8;2-1(3)4/h6-10,12-13,16,19H,5,11H2,1-4H3;5-6H,2-4H2,1H3;1H. The minimum Gasteiger partial charge on any atom is -0.343 e. The lowest BCUT2D eigenvalue weighted by molar-refractivity contribution is -0.118. The van der Waals surface area contributed by atoms with Gasteiger partial charge in [-0.25, -0.2) is 9.38 Å². The molecule has 0 spiro atoms. The number of aliphatic imine (C=N–C) groups is 1. The molecule has 1 aliphatic heterocycles. The summed E-state index contributed by atoms with van der Waals surface area (Å²) >= 11 is 0. The molecule has 32 heavy (non-hydrogen) atoms. The van der Waals surface area contributed by atoms with E-state index in [1.54, 1.807) is 6.92 Å². The van der Waals surface area contributed by atoms with E-state index in [9.17, 15) is 22.4 Å². The van der Waals surface area contributed by atoms with Gasteiger partial charge in [0, 0.05) is 12.6 Å². The minimum absolute atomic E-state index is 0.0771. The molecule has 1 N–H and O–H groups in total. The first-order chi connectivity index (χ1) is 15.0. The van der Waals surface area contributed by atoms with E-state index in [2.05, 4.69) is 11.9 Å². The van der Waals surface area contributed by atoms with Crippen LogP contribution >= 0.6 is 0 Å². The first-order valence-electron chi connectivity index (χ1n) is 11.0. The summed E-state index contributed by atoms with van der Waals surface area (Å²) in [6.07, 6.45) is 3.48. The van der Waals surface area contributed by atoms with Crippen molar-refractivity contribution in [2.24, 2.45) is 10.9 Å². The normalized spacial score (nSPS) is 18.6. The second-order valence-corrected chi connectivity index (χ2v) is 8.03. The van der Waals surface area contributed by atoms with E-state index in [1.165, 1.54) is 12.8 Å². The number of carbonyl (C=O) groups is 1. The zero-order chi connectivity index (χ0) is 24.7. The van der Waals surface area contributed by atoms with Crippen molar-refractivity contribution in [2.75, 3.05) is 6.54 Å². The molecule has 0 radical (unpaired) electrons. The molecule has 0 aromatic heterocycles. The monoisotopic (exact) mass is 459 g/mol. The van der Waals surface area contributed by atoms with Crippen molar-refractivity contribution in [3.05, 3.63) is 35.9 Å². The van der Waals surface area contributed by atoms with Crippen molar-refractivity contribution in [2.45, 2.75) is 85.1 Å². The van der Waals surface area contributed by atoms with E-state index in [4.69, 9.17) is 5.41 Å². The van der Waals surface area contributed by atoms with Gasteiger partial charge in [-0.05, 0) is 56.9 Å². The van der Waals surface area contributed by atoms with Gasteiger partial charge in [-0.3, -0.25) is 10.2 Å². The van der Waals surface area contributed by atoms with Gasteiger partial charge in [-0.1, -0.05) is 51.1 Å². The Hall–Kier alpha value is -2.25. The van der Waals surface area contributed by atoms with Crippen molar-refractivity contribution in [3.8, 4) is 0 Å². The number of amides is 1. The van der Waals surface area contributed by atoms with Crippen LogP contribution in [-0.2, 0) is 4.79 Å². The molecule has 1 fully saturated rings. The highest BCUT2D eigenvalue weighted by molar-refractivity contribution is 5.99. The number of hydrogen-bond donors (Lipinski definition) is 1. The number of carbonyl (C=O) groups excluding carboxylic acids is 1. The van der Waals surface area contributed by atoms with Crippen LogP contribution < -0.4 is 0 Å². The highest BCUT2D eigenvalue weighted by atomic mass is 19.4. The third-order valence-electron chi connectivity index (χ3n) is 5.40. The fourth-order valence-corrected chi connectivity index (χ4v) is 3.35.